The molecule has 0 atom stereocenters. The van der Waals surface area contributed by atoms with Gasteiger partial charge in [-0.05, 0) is 60.9 Å². The molecule has 3 rings (SSSR count). The van der Waals surface area contributed by atoms with Crippen molar-refractivity contribution in [3.05, 3.63) is 75.8 Å². The van der Waals surface area contributed by atoms with E-state index in [1.807, 2.05) is 32.9 Å². The summed E-state index contributed by atoms with van der Waals surface area (Å²) in [6, 6.07) is 11.4. The second kappa shape index (κ2) is 9.21. The second-order valence-electron chi connectivity index (χ2n) is 7.18. The average molecular weight is 473 g/mol. The molecule has 0 bridgehead atoms. The molecular weight excluding hydrogens is 451 g/mol. The molecule has 30 heavy (non-hydrogen) atoms. The smallest absolute Gasteiger partial charge is 0.255 e. The van der Waals surface area contributed by atoms with Crippen molar-refractivity contribution in [1.82, 2.24) is 15.1 Å². The molecule has 3 aromatic rings. The Labute approximate surface area is 182 Å². The van der Waals surface area contributed by atoms with Crippen LogP contribution >= 0.6 is 15.9 Å². The molecule has 8 heteroatoms. The number of nitrogens with zero attached hydrogens (tertiary/aromatic N) is 2. The van der Waals surface area contributed by atoms with Gasteiger partial charge in [0.15, 0.2) is 0 Å². The summed E-state index contributed by atoms with van der Waals surface area (Å²) in [5.74, 6) is -1.08. The molecule has 0 saturated heterocycles. The predicted octanol–water partition coefficient (Wildman–Crippen LogP) is 4.57. The molecule has 2 N–H and O–H groups in total. The van der Waals surface area contributed by atoms with Crippen LogP contribution in [-0.2, 0) is 4.79 Å². The Bertz CT molecular complexity index is 1080. The third kappa shape index (κ3) is 4.94. The van der Waals surface area contributed by atoms with Crippen LogP contribution in [0.4, 0.5) is 10.1 Å². The molecule has 0 fully saturated rings. The summed E-state index contributed by atoms with van der Waals surface area (Å²) < 4.78 is 15.8. The van der Waals surface area contributed by atoms with Gasteiger partial charge in [0, 0.05) is 10.2 Å². The van der Waals surface area contributed by atoms with Gasteiger partial charge in [-0.3, -0.25) is 9.59 Å². The third-order valence-electron chi connectivity index (χ3n) is 4.54. The van der Waals surface area contributed by atoms with Crippen molar-refractivity contribution >= 4 is 33.4 Å². The highest BCUT2D eigenvalue weighted by Gasteiger charge is 2.21. The first-order chi connectivity index (χ1) is 14.3. The fraction of sp³-hybridized carbons (Fsp3) is 0.227. The van der Waals surface area contributed by atoms with Crippen molar-refractivity contribution in [2.75, 3.05) is 11.9 Å². The molecule has 0 unspecified atom stereocenters. The number of hydrogen-bond acceptors (Lipinski definition) is 3. The second-order valence-corrected chi connectivity index (χ2v) is 8.09. The summed E-state index contributed by atoms with van der Waals surface area (Å²) in [5.41, 5.74) is 3.31. The molecular formula is C22H22BrFN4O2. The van der Waals surface area contributed by atoms with E-state index in [0.29, 0.717) is 22.6 Å². The zero-order chi connectivity index (χ0) is 21.8. The van der Waals surface area contributed by atoms with Crippen molar-refractivity contribution in [3.8, 4) is 5.69 Å². The number of rotatable bonds is 6. The van der Waals surface area contributed by atoms with Crippen LogP contribution < -0.4 is 10.6 Å². The van der Waals surface area contributed by atoms with E-state index in [0.717, 1.165) is 10.0 Å². The van der Waals surface area contributed by atoms with Crippen molar-refractivity contribution < 1.29 is 14.0 Å². The lowest BCUT2D eigenvalue weighted by molar-refractivity contribution is -0.115. The van der Waals surface area contributed by atoms with Gasteiger partial charge in [-0.25, -0.2) is 9.07 Å². The molecule has 0 aliphatic carbocycles. The first-order valence-electron chi connectivity index (χ1n) is 9.44. The first-order valence-corrected chi connectivity index (χ1v) is 10.2. The van der Waals surface area contributed by atoms with Gasteiger partial charge in [-0.1, -0.05) is 29.8 Å². The highest BCUT2D eigenvalue weighted by molar-refractivity contribution is 9.10. The van der Waals surface area contributed by atoms with E-state index in [4.69, 9.17) is 0 Å². The number of carbonyl (C=O) groups excluding carboxylic acids is 2. The van der Waals surface area contributed by atoms with Crippen LogP contribution in [0.3, 0.4) is 0 Å². The number of carbonyl (C=O) groups is 2. The number of aromatic nitrogens is 2. The lowest BCUT2D eigenvalue weighted by Crippen LogP contribution is -2.33. The van der Waals surface area contributed by atoms with Crippen LogP contribution in [0.15, 0.2) is 53.1 Å². The zero-order valence-electron chi connectivity index (χ0n) is 16.9. The highest BCUT2D eigenvalue weighted by Crippen LogP contribution is 2.23. The Balaban J connectivity index is 1.72. The Kier molecular flexibility index (Phi) is 6.66. The summed E-state index contributed by atoms with van der Waals surface area (Å²) >= 11 is 3.38. The van der Waals surface area contributed by atoms with Crippen LogP contribution in [0, 0.1) is 12.7 Å². The number of aryl methyl sites for hydroxylation is 1. The van der Waals surface area contributed by atoms with Gasteiger partial charge in [-0.15, -0.1) is 0 Å². The quantitative estimate of drug-likeness (QED) is 0.551. The molecule has 1 aromatic heterocycles. The van der Waals surface area contributed by atoms with Gasteiger partial charge in [0.2, 0.25) is 5.91 Å². The monoisotopic (exact) mass is 472 g/mol. The zero-order valence-corrected chi connectivity index (χ0v) is 18.5. The van der Waals surface area contributed by atoms with Gasteiger partial charge in [0.05, 0.1) is 29.7 Å². The summed E-state index contributed by atoms with van der Waals surface area (Å²) in [5, 5.41) is 9.73. The maximum atomic E-state index is 13.2. The number of halogens is 2. The average Bonchev–Trinajstić information content (AvgIpc) is 3.14. The topological polar surface area (TPSA) is 76.0 Å². The minimum Gasteiger partial charge on any atom is -0.343 e. The molecule has 0 aliphatic heterocycles. The van der Waals surface area contributed by atoms with Crippen LogP contribution in [0.1, 0.15) is 41.4 Å². The Morgan fingerprint density at radius 2 is 1.87 bits per heavy atom. The van der Waals surface area contributed by atoms with E-state index in [9.17, 15) is 14.0 Å². The largest absolute Gasteiger partial charge is 0.343 e. The SMILES string of the molecule is Cc1cc(Br)ccc1NC(=O)CNC(=O)c1cnn(-c2ccc(F)cc2)c1C(C)C. The Hall–Kier alpha value is -3.00. The summed E-state index contributed by atoms with van der Waals surface area (Å²) in [6.45, 7) is 5.60. The molecule has 1 heterocycles. The van der Waals surface area contributed by atoms with Crippen molar-refractivity contribution in [2.24, 2.45) is 0 Å². The third-order valence-corrected chi connectivity index (χ3v) is 5.03. The molecule has 0 saturated carbocycles. The number of amides is 2. The van der Waals surface area contributed by atoms with Gasteiger partial charge in [0.25, 0.3) is 5.91 Å². The lowest BCUT2D eigenvalue weighted by Gasteiger charge is -2.13. The fourth-order valence-electron chi connectivity index (χ4n) is 3.09. The van der Waals surface area contributed by atoms with E-state index in [2.05, 4.69) is 31.7 Å². The number of benzene rings is 2. The van der Waals surface area contributed by atoms with Crippen LogP contribution in [0.2, 0.25) is 0 Å². The standard InChI is InChI=1S/C22H22BrFN4O2/c1-13(2)21-18(11-26-28(21)17-7-5-16(24)6-8-17)22(30)25-12-20(29)27-19-9-4-15(23)10-14(19)3/h4-11,13H,12H2,1-3H3,(H,25,30)(H,27,29). The minimum absolute atomic E-state index is 0.0162. The molecule has 6 nitrogen and oxygen atoms in total. The normalized spacial score (nSPS) is 10.9. The van der Waals surface area contributed by atoms with E-state index in [1.54, 1.807) is 22.9 Å². The maximum absolute atomic E-state index is 13.2. The van der Waals surface area contributed by atoms with Crippen molar-refractivity contribution in [1.29, 1.82) is 0 Å². The van der Waals surface area contributed by atoms with E-state index < -0.39 is 5.91 Å². The molecule has 0 aliphatic rings. The lowest BCUT2D eigenvalue weighted by atomic mass is 10.0. The van der Waals surface area contributed by atoms with Gasteiger partial charge in [0.1, 0.15) is 5.82 Å². The van der Waals surface area contributed by atoms with E-state index in [-0.39, 0.29) is 24.2 Å². The van der Waals surface area contributed by atoms with E-state index >= 15 is 0 Å². The molecule has 156 valence electrons. The Morgan fingerprint density at radius 1 is 1.17 bits per heavy atom. The van der Waals surface area contributed by atoms with Crippen LogP contribution in [0.25, 0.3) is 5.69 Å². The Morgan fingerprint density at radius 3 is 2.50 bits per heavy atom. The fourth-order valence-corrected chi connectivity index (χ4v) is 3.57. The maximum Gasteiger partial charge on any atom is 0.255 e. The van der Waals surface area contributed by atoms with Crippen LogP contribution in [-0.4, -0.2) is 28.1 Å². The van der Waals surface area contributed by atoms with Gasteiger partial charge >= 0.3 is 0 Å². The van der Waals surface area contributed by atoms with Gasteiger partial charge < -0.3 is 10.6 Å². The first kappa shape index (κ1) is 21.7. The summed E-state index contributed by atoms with van der Waals surface area (Å²) in [6.07, 6.45) is 1.46. The molecule has 2 amide bonds. The van der Waals surface area contributed by atoms with Gasteiger partial charge in [-0.2, -0.15) is 5.10 Å². The van der Waals surface area contributed by atoms with E-state index in [1.165, 1.54) is 18.3 Å². The molecule has 2 aromatic carbocycles. The predicted molar refractivity (Wildman–Crippen MR) is 117 cm³/mol. The van der Waals surface area contributed by atoms with Crippen molar-refractivity contribution in [3.63, 3.8) is 0 Å². The number of hydrogen-bond donors (Lipinski definition) is 2. The van der Waals surface area contributed by atoms with Crippen molar-refractivity contribution in [2.45, 2.75) is 26.7 Å². The summed E-state index contributed by atoms with van der Waals surface area (Å²) in [4.78, 5) is 25.0. The number of nitrogens with one attached hydrogen (secondary N) is 2. The summed E-state index contributed by atoms with van der Waals surface area (Å²) in [7, 11) is 0. The number of anilines is 1. The minimum atomic E-state index is -0.394. The highest BCUT2D eigenvalue weighted by atomic mass is 79.9. The molecule has 0 spiro atoms. The molecule has 0 radical (unpaired) electrons. The van der Waals surface area contributed by atoms with Crippen LogP contribution in [0.5, 0.6) is 0 Å².